The van der Waals surface area contributed by atoms with Crippen molar-refractivity contribution >= 4 is 12.0 Å². The molecule has 1 aromatic carbocycles. The highest BCUT2D eigenvalue weighted by atomic mass is 16.5. The van der Waals surface area contributed by atoms with E-state index < -0.39 is 0 Å². The van der Waals surface area contributed by atoms with Crippen molar-refractivity contribution in [2.75, 3.05) is 18.6 Å². The van der Waals surface area contributed by atoms with Crippen LogP contribution in [0.4, 0.5) is 5.82 Å². The number of aromatic nitrogens is 1. The second-order valence-corrected chi connectivity index (χ2v) is 4.57. The molecule has 0 saturated carbocycles. The summed E-state index contributed by atoms with van der Waals surface area (Å²) in [5.41, 5.74) is 3.81. The predicted molar refractivity (Wildman–Crippen MR) is 88.9 cm³/mol. The summed E-state index contributed by atoms with van der Waals surface area (Å²) in [5, 5.41) is 4.17. The monoisotopic (exact) mass is 299 g/mol. The Labute approximate surface area is 131 Å². The highest BCUT2D eigenvalue weighted by Gasteiger charge is 2.05. The summed E-state index contributed by atoms with van der Waals surface area (Å²) in [5.74, 6) is 2.20. The highest BCUT2D eigenvalue weighted by molar-refractivity contribution is 5.81. The van der Waals surface area contributed by atoms with Crippen LogP contribution >= 0.6 is 0 Å². The predicted octanol–water partition coefficient (Wildman–Crippen LogP) is 3.72. The molecule has 0 fully saturated rings. The standard InChI is InChI=1S/C17H21N3O2/c1-3-11-22-15-9-8-14(12-16(15)21-4-2)13-19-20-17-7-5-6-10-18-17/h5-10,12-13H,3-4,11H2,1-2H3,(H,18,20). The number of ether oxygens (including phenoxy) is 2. The summed E-state index contributed by atoms with van der Waals surface area (Å²) < 4.78 is 11.3. The van der Waals surface area contributed by atoms with Crippen LogP contribution in [0.15, 0.2) is 47.7 Å². The van der Waals surface area contributed by atoms with Gasteiger partial charge >= 0.3 is 0 Å². The Kier molecular flexibility index (Phi) is 6.23. The minimum absolute atomic E-state index is 0.593. The minimum Gasteiger partial charge on any atom is -0.490 e. The fourth-order valence-corrected chi connectivity index (χ4v) is 1.81. The molecule has 1 aromatic heterocycles. The summed E-state index contributed by atoms with van der Waals surface area (Å²) >= 11 is 0. The molecular formula is C17H21N3O2. The zero-order valence-electron chi connectivity index (χ0n) is 13.0. The topological polar surface area (TPSA) is 55.7 Å². The van der Waals surface area contributed by atoms with Crippen LogP contribution in [0.1, 0.15) is 25.8 Å². The van der Waals surface area contributed by atoms with Crippen molar-refractivity contribution < 1.29 is 9.47 Å². The smallest absolute Gasteiger partial charge is 0.161 e. The van der Waals surface area contributed by atoms with Crippen molar-refractivity contribution in [1.82, 2.24) is 4.98 Å². The Bertz CT molecular complexity index is 600. The summed E-state index contributed by atoms with van der Waals surface area (Å²) in [4.78, 5) is 4.14. The van der Waals surface area contributed by atoms with E-state index in [9.17, 15) is 0 Å². The zero-order chi connectivity index (χ0) is 15.6. The number of rotatable bonds is 8. The molecule has 1 heterocycles. The molecule has 0 radical (unpaired) electrons. The molecule has 0 aliphatic carbocycles. The summed E-state index contributed by atoms with van der Waals surface area (Å²) in [6, 6.07) is 11.4. The van der Waals surface area contributed by atoms with Gasteiger partial charge in [-0.1, -0.05) is 13.0 Å². The summed E-state index contributed by atoms with van der Waals surface area (Å²) in [6.07, 6.45) is 4.40. The van der Waals surface area contributed by atoms with Gasteiger partial charge in [0.15, 0.2) is 11.5 Å². The summed E-state index contributed by atoms with van der Waals surface area (Å²) in [7, 11) is 0. The van der Waals surface area contributed by atoms with Gasteiger partial charge in [0.2, 0.25) is 0 Å². The van der Waals surface area contributed by atoms with Crippen molar-refractivity contribution in [2.45, 2.75) is 20.3 Å². The molecule has 0 aliphatic rings. The molecule has 0 saturated heterocycles. The highest BCUT2D eigenvalue weighted by Crippen LogP contribution is 2.28. The normalized spacial score (nSPS) is 10.6. The van der Waals surface area contributed by atoms with Gasteiger partial charge in [0, 0.05) is 6.20 Å². The second kappa shape index (κ2) is 8.67. The maximum atomic E-state index is 5.67. The van der Waals surface area contributed by atoms with Crippen LogP contribution in [0.5, 0.6) is 11.5 Å². The molecule has 0 amide bonds. The van der Waals surface area contributed by atoms with Gasteiger partial charge in [0.25, 0.3) is 0 Å². The Hall–Kier alpha value is -2.56. The van der Waals surface area contributed by atoms with Crippen LogP contribution in [0, 0.1) is 0 Å². The lowest BCUT2D eigenvalue weighted by Gasteiger charge is -2.11. The number of benzene rings is 1. The van der Waals surface area contributed by atoms with E-state index in [-0.39, 0.29) is 0 Å². The second-order valence-electron chi connectivity index (χ2n) is 4.57. The van der Waals surface area contributed by atoms with E-state index in [4.69, 9.17) is 9.47 Å². The first kappa shape index (κ1) is 15.8. The Morgan fingerprint density at radius 1 is 1.14 bits per heavy atom. The number of pyridine rings is 1. The third-order valence-corrected chi connectivity index (χ3v) is 2.79. The summed E-state index contributed by atoms with van der Waals surface area (Å²) in [6.45, 7) is 5.29. The number of nitrogens with one attached hydrogen (secondary N) is 1. The van der Waals surface area contributed by atoms with E-state index in [0.717, 1.165) is 23.5 Å². The van der Waals surface area contributed by atoms with Gasteiger partial charge < -0.3 is 9.47 Å². The van der Waals surface area contributed by atoms with Gasteiger partial charge in [-0.05, 0) is 49.2 Å². The fraction of sp³-hybridized carbons (Fsp3) is 0.294. The van der Waals surface area contributed by atoms with Crippen LogP contribution in [-0.4, -0.2) is 24.4 Å². The molecule has 116 valence electrons. The molecule has 0 spiro atoms. The Balaban J connectivity index is 2.05. The number of nitrogens with zero attached hydrogens (tertiary/aromatic N) is 2. The van der Waals surface area contributed by atoms with E-state index in [1.807, 2.05) is 43.3 Å². The fourth-order valence-electron chi connectivity index (χ4n) is 1.81. The van der Waals surface area contributed by atoms with Gasteiger partial charge in [0.05, 0.1) is 19.4 Å². The first-order valence-electron chi connectivity index (χ1n) is 7.43. The van der Waals surface area contributed by atoms with Crippen LogP contribution < -0.4 is 14.9 Å². The number of hydrogen-bond donors (Lipinski definition) is 1. The van der Waals surface area contributed by atoms with E-state index in [1.54, 1.807) is 12.4 Å². The van der Waals surface area contributed by atoms with Gasteiger partial charge in [0.1, 0.15) is 5.82 Å². The van der Waals surface area contributed by atoms with Crippen LogP contribution in [0.2, 0.25) is 0 Å². The molecule has 5 nitrogen and oxygen atoms in total. The third-order valence-electron chi connectivity index (χ3n) is 2.79. The molecule has 5 heteroatoms. The molecule has 22 heavy (non-hydrogen) atoms. The quantitative estimate of drug-likeness (QED) is 0.596. The third kappa shape index (κ3) is 4.77. The van der Waals surface area contributed by atoms with Gasteiger partial charge in [-0.3, -0.25) is 5.43 Å². The number of hydrogen-bond acceptors (Lipinski definition) is 5. The first-order chi connectivity index (χ1) is 10.8. The maximum Gasteiger partial charge on any atom is 0.161 e. The van der Waals surface area contributed by atoms with Gasteiger partial charge in [-0.15, -0.1) is 0 Å². The van der Waals surface area contributed by atoms with Crippen molar-refractivity contribution in [3.8, 4) is 11.5 Å². The Morgan fingerprint density at radius 2 is 2.05 bits per heavy atom. The molecule has 2 aromatic rings. The lowest BCUT2D eigenvalue weighted by atomic mass is 10.2. The van der Waals surface area contributed by atoms with E-state index in [0.29, 0.717) is 19.0 Å². The molecule has 1 N–H and O–H groups in total. The molecule has 0 bridgehead atoms. The van der Waals surface area contributed by atoms with Crippen LogP contribution in [0.25, 0.3) is 0 Å². The molecule has 0 unspecified atom stereocenters. The van der Waals surface area contributed by atoms with Crippen molar-refractivity contribution in [2.24, 2.45) is 5.10 Å². The zero-order valence-corrected chi connectivity index (χ0v) is 13.0. The maximum absolute atomic E-state index is 5.67. The molecule has 0 aliphatic heterocycles. The van der Waals surface area contributed by atoms with Crippen molar-refractivity contribution in [3.63, 3.8) is 0 Å². The van der Waals surface area contributed by atoms with Gasteiger partial charge in [-0.25, -0.2) is 4.98 Å². The van der Waals surface area contributed by atoms with Gasteiger partial charge in [-0.2, -0.15) is 5.10 Å². The van der Waals surface area contributed by atoms with E-state index >= 15 is 0 Å². The SMILES string of the molecule is CCCOc1ccc(C=NNc2ccccn2)cc1OCC. The average Bonchev–Trinajstić information content (AvgIpc) is 2.55. The van der Waals surface area contributed by atoms with E-state index in [1.165, 1.54) is 0 Å². The lowest BCUT2D eigenvalue weighted by molar-refractivity contribution is 0.277. The molecule has 0 atom stereocenters. The average molecular weight is 299 g/mol. The molecular weight excluding hydrogens is 278 g/mol. The van der Waals surface area contributed by atoms with Crippen LogP contribution in [-0.2, 0) is 0 Å². The number of hydrazone groups is 1. The van der Waals surface area contributed by atoms with E-state index in [2.05, 4.69) is 22.4 Å². The Morgan fingerprint density at radius 3 is 2.77 bits per heavy atom. The minimum atomic E-state index is 0.593. The molecule has 2 rings (SSSR count). The number of anilines is 1. The lowest BCUT2D eigenvalue weighted by Crippen LogP contribution is -2.01. The van der Waals surface area contributed by atoms with Crippen molar-refractivity contribution in [1.29, 1.82) is 0 Å². The van der Waals surface area contributed by atoms with Crippen LogP contribution in [0.3, 0.4) is 0 Å². The largest absolute Gasteiger partial charge is 0.490 e. The first-order valence-corrected chi connectivity index (χ1v) is 7.43. The van der Waals surface area contributed by atoms with Crippen molar-refractivity contribution in [3.05, 3.63) is 48.2 Å².